The van der Waals surface area contributed by atoms with E-state index < -0.39 is 15.9 Å². The molecule has 3 rings (SSSR count). The van der Waals surface area contributed by atoms with E-state index in [1.807, 2.05) is 36.6 Å². The van der Waals surface area contributed by atoms with E-state index in [4.69, 9.17) is 11.6 Å². The van der Waals surface area contributed by atoms with Crippen LogP contribution in [-0.2, 0) is 16.6 Å². The zero-order valence-electron chi connectivity index (χ0n) is 20.6. The zero-order valence-corrected chi connectivity index (χ0v) is 22.2. The number of hydrogen-bond acceptors (Lipinski definition) is 6. The summed E-state index contributed by atoms with van der Waals surface area (Å²) in [6.07, 6.45) is 5.65. The van der Waals surface area contributed by atoms with Crippen LogP contribution in [0.5, 0.6) is 0 Å². The molecule has 0 aliphatic heterocycles. The first-order valence-corrected chi connectivity index (χ1v) is 14.2. The first-order chi connectivity index (χ1) is 16.7. The maximum absolute atomic E-state index is 12.6. The maximum atomic E-state index is 12.6. The van der Waals surface area contributed by atoms with Gasteiger partial charge in [0.1, 0.15) is 17.0 Å². The molecule has 3 aromatic rings. The molecule has 2 heterocycles. The molecular weight excluding hydrogens is 486 g/mol. The number of unbranched alkanes of at least 4 members (excludes halogenated alkanes) is 4. The number of hydrogen-bond donors (Lipinski definition) is 2. The molecule has 0 aliphatic carbocycles. The van der Waals surface area contributed by atoms with Gasteiger partial charge in [0.2, 0.25) is 10.0 Å². The number of benzene rings is 1. The predicted octanol–water partition coefficient (Wildman–Crippen LogP) is 5.29. The van der Waals surface area contributed by atoms with Crippen molar-refractivity contribution in [1.82, 2.24) is 19.3 Å². The number of anilines is 1. The first-order valence-electron chi connectivity index (χ1n) is 12.1. The van der Waals surface area contributed by atoms with Crippen molar-refractivity contribution in [3.05, 3.63) is 52.4 Å². The van der Waals surface area contributed by atoms with Gasteiger partial charge in [0.25, 0.3) is 5.91 Å². The number of nitrogens with zero attached hydrogens (tertiary/aromatic N) is 3. The van der Waals surface area contributed by atoms with Crippen molar-refractivity contribution in [2.24, 2.45) is 0 Å². The van der Waals surface area contributed by atoms with E-state index in [0.717, 1.165) is 42.9 Å². The molecule has 35 heavy (non-hydrogen) atoms. The number of pyridine rings is 1. The Hall–Kier alpha value is -2.65. The minimum absolute atomic E-state index is 0.0236. The van der Waals surface area contributed by atoms with E-state index in [2.05, 4.69) is 26.9 Å². The van der Waals surface area contributed by atoms with E-state index in [1.54, 1.807) is 6.07 Å². The van der Waals surface area contributed by atoms with Gasteiger partial charge in [0.15, 0.2) is 5.65 Å². The van der Waals surface area contributed by atoms with E-state index >= 15 is 0 Å². The fraction of sp³-hybridized carbons (Fsp3) is 0.480. The molecule has 0 bridgehead atoms. The Morgan fingerprint density at radius 1 is 1.03 bits per heavy atom. The molecule has 0 saturated carbocycles. The van der Waals surface area contributed by atoms with Crippen LogP contribution in [0, 0.1) is 6.92 Å². The number of carbonyl (C=O) groups is 1. The van der Waals surface area contributed by atoms with Crippen LogP contribution in [0.2, 0.25) is 5.02 Å². The van der Waals surface area contributed by atoms with Crippen LogP contribution in [0.3, 0.4) is 0 Å². The Kier molecular flexibility index (Phi) is 9.51. The van der Waals surface area contributed by atoms with Gasteiger partial charge in [0, 0.05) is 17.3 Å². The highest BCUT2D eigenvalue weighted by Gasteiger charge is 2.19. The van der Waals surface area contributed by atoms with Gasteiger partial charge >= 0.3 is 0 Å². The van der Waals surface area contributed by atoms with Gasteiger partial charge in [0.05, 0.1) is 12.3 Å². The molecule has 0 fully saturated rings. The quantitative estimate of drug-likeness (QED) is 0.297. The summed E-state index contributed by atoms with van der Waals surface area (Å²) in [6.45, 7) is 7.34. The fourth-order valence-electron chi connectivity index (χ4n) is 3.78. The number of aromatic nitrogens is 3. The summed E-state index contributed by atoms with van der Waals surface area (Å²) in [5, 5.41) is 4.02. The molecule has 1 aromatic carbocycles. The Balaban J connectivity index is 1.78. The molecule has 0 saturated heterocycles. The second-order valence-electron chi connectivity index (χ2n) is 8.68. The highest BCUT2D eigenvalue weighted by molar-refractivity contribution is 7.90. The summed E-state index contributed by atoms with van der Waals surface area (Å²) in [7, 11) is -3.71. The fourth-order valence-corrected chi connectivity index (χ4v) is 5.09. The maximum Gasteiger partial charge on any atom is 0.283 e. The van der Waals surface area contributed by atoms with Crippen molar-refractivity contribution >= 4 is 44.4 Å². The minimum atomic E-state index is -3.71. The van der Waals surface area contributed by atoms with Crippen molar-refractivity contribution < 1.29 is 13.2 Å². The van der Waals surface area contributed by atoms with Gasteiger partial charge < -0.3 is 9.88 Å². The lowest BCUT2D eigenvalue weighted by Crippen LogP contribution is -2.33. The second kappa shape index (κ2) is 12.4. The highest BCUT2D eigenvalue weighted by atomic mass is 35.5. The highest BCUT2D eigenvalue weighted by Crippen LogP contribution is 2.24. The summed E-state index contributed by atoms with van der Waals surface area (Å²) in [5.74, 6) is -0.117. The number of fused-ring (bicyclic) bond motifs is 1. The topological polar surface area (TPSA) is 106 Å². The third kappa shape index (κ3) is 7.41. The Morgan fingerprint density at radius 3 is 2.49 bits per heavy atom. The average molecular weight is 520 g/mol. The third-order valence-electron chi connectivity index (χ3n) is 5.77. The number of imidazole rings is 1. The van der Waals surface area contributed by atoms with Crippen LogP contribution in [-0.4, -0.2) is 41.2 Å². The molecular formula is C25H34ClN5O3S. The van der Waals surface area contributed by atoms with Crippen LogP contribution in [0.4, 0.5) is 5.69 Å². The summed E-state index contributed by atoms with van der Waals surface area (Å²) >= 11 is 6.57. The number of amides is 1. The average Bonchev–Trinajstić information content (AvgIpc) is 3.12. The molecule has 0 spiro atoms. The third-order valence-corrected chi connectivity index (χ3v) is 7.45. The molecule has 0 atom stereocenters. The SMILES string of the molecule is CCCCCNc1ccc(Cn2c(C)nc3ccc(C(=O)NS(=O)(=O)CCCCC)nc32)c(Cl)c1. The van der Waals surface area contributed by atoms with Crippen molar-refractivity contribution in [3.8, 4) is 0 Å². The predicted molar refractivity (Wildman–Crippen MR) is 142 cm³/mol. The largest absolute Gasteiger partial charge is 0.385 e. The molecule has 2 N–H and O–H groups in total. The van der Waals surface area contributed by atoms with Gasteiger partial charge in [-0.15, -0.1) is 0 Å². The van der Waals surface area contributed by atoms with E-state index in [0.29, 0.717) is 29.2 Å². The number of halogens is 1. The van der Waals surface area contributed by atoms with Crippen LogP contribution in [0.15, 0.2) is 30.3 Å². The Morgan fingerprint density at radius 2 is 1.77 bits per heavy atom. The minimum Gasteiger partial charge on any atom is -0.385 e. The first kappa shape index (κ1) is 26.9. The van der Waals surface area contributed by atoms with Crippen molar-refractivity contribution in [3.63, 3.8) is 0 Å². The van der Waals surface area contributed by atoms with Crippen molar-refractivity contribution in [2.45, 2.75) is 65.8 Å². The summed E-state index contributed by atoms with van der Waals surface area (Å²) in [4.78, 5) is 21.6. The van der Waals surface area contributed by atoms with E-state index in [9.17, 15) is 13.2 Å². The van der Waals surface area contributed by atoms with E-state index in [-0.39, 0.29) is 11.4 Å². The van der Waals surface area contributed by atoms with Gasteiger partial charge in [-0.05, 0) is 49.6 Å². The standard InChI is InChI=1S/C25H34ClN5O3S/c1-4-6-8-14-27-20-11-10-19(21(26)16-20)17-31-18(3)28-22-12-13-23(29-24(22)31)25(32)30-35(33,34)15-9-7-5-2/h10-13,16,27H,4-9,14-15,17H2,1-3H3,(H,30,32). The van der Waals surface area contributed by atoms with Crippen LogP contribution >= 0.6 is 11.6 Å². The lowest BCUT2D eigenvalue weighted by atomic mass is 10.2. The van der Waals surface area contributed by atoms with Crippen LogP contribution in [0.1, 0.15) is 74.2 Å². The Bertz CT molecular complexity index is 1270. The molecule has 190 valence electrons. The number of sulfonamides is 1. The molecule has 10 heteroatoms. The molecule has 2 aromatic heterocycles. The summed E-state index contributed by atoms with van der Waals surface area (Å²) < 4.78 is 28.5. The molecule has 0 aliphatic rings. The van der Waals surface area contributed by atoms with Crippen LogP contribution in [0.25, 0.3) is 11.2 Å². The number of aryl methyl sites for hydroxylation is 1. The zero-order chi connectivity index (χ0) is 25.4. The second-order valence-corrected chi connectivity index (χ2v) is 10.9. The van der Waals surface area contributed by atoms with Crippen LogP contribution < -0.4 is 10.0 Å². The summed E-state index contributed by atoms with van der Waals surface area (Å²) in [6, 6.07) is 9.04. The molecule has 1 amide bonds. The van der Waals surface area contributed by atoms with E-state index in [1.165, 1.54) is 18.9 Å². The van der Waals surface area contributed by atoms with Gasteiger partial charge in [-0.1, -0.05) is 57.2 Å². The number of rotatable bonds is 13. The monoisotopic (exact) mass is 519 g/mol. The molecule has 8 nitrogen and oxygen atoms in total. The lowest BCUT2D eigenvalue weighted by molar-refractivity contribution is 0.0977. The Labute approximate surface area is 212 Å². The van der Waals surface area contributed by atoms with Gasteiger partial charge in [-0.2, -0.15) is 0 Å². The number of carbonyl (C=O) groups excluding carboxylic acids is 1. The normalized spacial score (nSPS) is 11.7. The van der Waals surface area contributed by atoms with Crippen molar-refractivity contribution in [1.29, 1.82) is 0 Å². The van der Waals surface area contributed by atoms with Gasteiger partial charge in [-0.3, -0.25) is 4.79 Å². The summed E-state index contributed by atoms with van der Waals surface area (Å²) in [5.41, 5.74) is 3.00. The lowest BCUT2D eigenvalue weighted by Gasteiger charge is -2.12. The molecule has 0 radical (unpaired) electrons. The van der Waals surface area contributed by atoms with Crippen molar-refractivity contribution in [2.75, 3.05) is 17.6 Å². The van der Waals surface area contributed by atoms with Gasteiger partial charge in [-0.25, -0.2) is 23.1 Å². The molecule has 0 unspecified atom stereocenters. The smallest absolute Gasteiger partial charge is 0.283 e. The number of nitrogens with one attached hydrogen (secondary N) is 2.